The fraction of sp³-hybridized carbons (Fsp3) is 0.524. The van der Waals surface area contributed by atoms with E-state index in [9.17, 15) is 9.59 Å². The minimum Gasteiger partial charge on any atom is -0.343 e. The first-order valence-electron chi connectivity index (χ1n) is 10.7. The number of carbonyl (C=O) groups is 2. The number of likely N-dealkylation sites (tertiary alicyclic amines) is 1. The predicted molar refractivity (Wildman–Crippen MR) is 123 cm³/mol. The van der Waals surface area contributed by atoms with Gasteiger partial charge in [-0.15, -0.1) is 11.3 Å². The first-order valence-corrected chi connectivity index (χ1v) is 12.5. The molecule has 5 rings (SSSR count). The molecule has 4 heterocycles. The standard InChI is InChI=1S/C21H26N6O2S2/c1-13-7-9-26(10-8-13)19-23-17-16(18(28)24-20(29)25(17)2)27(19)11-12-30-21-22-14-5-3-4-6-15(14)31-21/h3-6,13,16-17H,7-12H2,1-2H3,(H,24,28,29). The van der Waals surface area contributed by atoms with Crippen LogP contribution in [0.2, 0.25) is 0 Å². The van der Waals surface area contributed by atoms with Crippen LogP contribution in [0.25, 0.3) is 10.2 Å². The van der Waals surface area contributed by atoms with E-state index in [0.717, 1.165) is 47.5 Å². The molecule has 2 saturated heterocycles. The Hall–Kier alpha value is -2.33. The van der Waals surface area contributed by atoms with Crippen molar-refractivity contribution in [3.63, 3.8) is 0 Å². The summed E-state index contributed by atoms with van der Waals surface area (Å²) in [5.74, 6) is 2.08. The average molecular weight is 459 g/mol. The van der Waals surface area contributed by atoms with Crippen molar-refractivity contribution < 1.29 is 9.59 Å². The fourth-order valence-electron chi connectivity index (χ4n) is 4.37. The average Bonchev–Trinajstić information content (AvgIpc) is 3.34. The number of thiazole rings is 1. The Morgan fingerprint density at radius 3 is 2.77 bits per heavy atom. The number of hydrogen-bond donors (Lipinski definition) is 1. The lowest BCUT2D eigenvalue weighted by Crippen LogP contribution is -2.64. The Morgan fingerprint density at radius 2 is 2.00 bits per heavy atom. The second kappa shape index (κ2) is 8.31. The SMILES string of the molecule is CC1CCN(C2=NC3C(C(=O)NC(=O)N3C)N2CCSc2nc3ccccc3s2)CC1. The third kappa shape index (κ3) is 3.87. The number of urea groups is 1. The van der Waals surface area contributed by atoms with Gasteiger partial charge < -0.3 is 14.7 Å². The summed E-state index contributed by atoms with van der Waals surface area (Å²) in [7, 11) is 1.71. The first kappa shape index (κ1) is 20.6. The quantitative estimate of drug-likeness (QED) is 0.710. The molecule has 164 valence electrons. The molecule has 0 saturated carbocycles. The molecule has 1 N–H and O–H groups in total. The van der Waals surface area contributed by atoms with Gasteiger partial charge in [-0.3, -0.25) is 10.1 Å². The molecule has 1 aromatic carbocycles. The van der Waals surface area contributed by atoms with E-state index in [1.54, 1.807) is 35.0 Å². The van der Waals surface area contributed by atoms with E-state index in [1.165, 1.54) is 4.70 Å². The molecule has 0 radical (unpaired) electrons. The Morgan fingerprint density at radius 1 is 1.23 bits per heavy atom. The van der Waals surface area contributed by atoms with E-state index in [4.69, 9.17) is 9.98 Å². The van der Waals surface area contributed by atoms with Gasteiger partial charge in [-0.2, -0.15) is 0 Å². The number of benzene rings is 1. The number of hydrogen-bond acceptors (Lipinski definition) is 8. The predicted octanol–water partition coefficient (Wildman–Crippen LogP) is 2.67. The molecule has 8 nitrogen and oxygen atoms in total. The number of guanidine groups is 1. The summed E-state index contributed by atoms with van der Waals surface area (Å²) in [4.78, 5) is 40.4. The van der Waals surface area contributed by atoms with E-state index in [1.807, 2.05) is 18.2 Å². The van der Waals surface area contributed by atoms with Crippen molar-refractivity contribution in [1.29, 1.82) is 0 Å². The maximum absolute atomic E-state index is 12.8. The van der Waals surface area contributed by atoms with Gasteiger partial charge in [-0.1, -0.05) is 30.8 Å². The van der Waals surface area contributed by atoms with Gasteiger partial charge >= 0.3 is 6.03 Å². The summed E-state index contributed by atoms with van der Waals surface area (Å²) in [6.45, 7) is 4.81. The number of aliphatic imine (C=N–C) groups is 1. The van der Waals surface area contributed by atoms with Gasteiger partial charge in [-0.05, 0) is 30.9 Å². The van der Waals surface area contributed by atoms with Crippen LogP contribution in [0.4, 0.5) is 4.79 Å². The summed E-state index contributed by atoms with van der Waals surface area (Å²) in [6.07, 6.45) is 1.76. The number of rotatable bonds is 4. The number of likely N-dealkylation sites (N-methyl/N-ethyl adjacent to an activating group) is 1. The second-order valence-electron chi connectivity index (χ2n) is 8.35. The largest absolute Gasteiger partial charge is 0.343 e. The van der Waals surface area contributed by atoms with Crippen molar-refractivity contribution in [1.82, 2.24) is 25.0 Å². The van der Waals surface area contributed by atoms with Gasteiger partial charge in [0.25, 0.3) is 5.91 Å². The van der Waals surface area contributed by atoms with Crippen molar-refractivity contribution in [2.24, 2.45) is 10.9 Å². The van der Waals surface area contributed by atoms with Crippen LogP contribution in [-0.4, -0.2) is 82.2 Å². The molecule has 2 fully saturated rings. The highest BCUT2D eigenvalue weighted by Gasteiger charge is 2.49. The summed E-state index contributed by atoms with van der Waals surface area (Å²) < 4.78 is 2.21. The molecule has 0 bridgehead atoms. The minimum atomic E-state index is -0.479. The lowest BCUT2D eigenvalue weighted by molar-refractivity contribution is -0.127. The van der Waals surface area contributed by atoms with Gasteiger partial charge in [0.05, 0.1) is 10.2 Å². The highest BCUT2D eigenvalue weighted by molar-refractivity contribution is 8.01. The maximum Gasteiger partial charge on any atom is 0.325 e. The highest BCUT2D eigenvalue weighted by Crippen LogP contribution is 2.31. The summed E-state index contributed by atoms with van der Waals surface area (Å²) in [6, 6.07) is 7.29. The van der Waals surface area contributed by atoms with Gasteiger partial charge in [-0.25, -0.2) is 14.8 Å². The second-order valence-corrected chi connectivity index (χ2v) is 10.7. The minimum absolute atomic E-state index is 0.262. The van der Waals surface area contributed by atoms with Crippen LogP contribution < -0.4 is 5.32 Å². The molecule has 3 aliphatic rings. The summed E-state index contributed by atoms with van der Waals surface area (Å²) >= 11 is 3.40. The van der Waals surface area contributed by atoms with Crippen LogP contribution in [0.15, 0.2) is 33.6 Å². The molecular formula is C21H26N6O2S2. The highest BCUT2D eigenvalue weighted by atomic mass is 32.2. The number of nitrogens with zero attached hydrogens (tertiary/aromatic N) is 5. The Kier molecular flexibility index (Phi) is 5.51. The number of thioether (sulfide) groups is 1. The van der Waals surface area contributed by atoms with Crippen molar-refractivity contribution in [2.75, 3.05) is 32.4 Å². The van der Waals surface area contributed by atoms with Crippen LogP contribution in [0.1, 0.15) is 19.8 Å². The zero-order chi connectivity index (χ0) is 21.5. The molecular weight excluding hydrogens is 432 g/mol. The molecule has 2 aromatic rings. The molecule has 2 atom stereocenters. The van der Waals surface area contributed by atoms with Crippen LogP contribution in [0.3, 0.4) is 0 Å². The van der Waals surface area contributed by atoms with E-state index < -0.39 is 12.2 Å². The van der Waals surface area contributed by atoms with Gasteiger partial charge in [0.1, 0.15) is 0 Å². The first-order chi connectivity index (χ1) is 15.0. The third-order valence-corrected chi connectivity index (χ3v) is 8.40. The summed E-state index contributed by atoms with van der Waals surface area (Å²) in [5, 5.41) is 2.48. The molecule has 3 amide bonds. The number of piperidine rings is 1. The van der Waals surface area contributed by atoms with E-state index in [2.05, 4.69) is 28.1 Å². The fourth-order valence-corrected chi connectivity index (χ4v) is 6.44. The number of carbonyl (C=O) groups excluding carboxylic acids is 2. The zero-order valence-electron chi connectivity index (χ0n) is 17.7. The van der Waals surface area contributed by atoms with Gasteiger partial charge in [0.2, 0.25) is 0 Å². The normalized spacial score (nSPS) is 24.6. The molecule has 10 heteroatoms. The Bertz CT molecular complexity index is 999. The number of fused-ring (bicyclic) bond motifs is 2. The monoisotopic (exact) mass is 458 g/mol. The van der Waals surface area contributed by atoms with Gasteiger partial charge in [0.15, 0.2) is 22.5 Å². The lowest BCUT2D eigenvalue weighted by Gasteiger charge is -2.39. The van der Waals surface area contributed by atoms with Crippen LogP contribution in [0, 0.1) is 5.92 Å². The maximum atomic E-state index is 12.8. The summed E-state index contributed by atoms with van der Waals surface area (Å²) in [5.41, 5.74) is 1.02. The molecule has 31 heavy (non-hydrogen) atoms. The number of aromatic nitrogens is 1. The Balaban J connectivity index is 1.34. The zero-order valence-corrected chi connectivity index (χ0v) is 19.3. The number of amides is 3. The van der Waals surface area contributed by atoms with Gasteiger partial charge in [0, 0.05) is 32.4 Å². The topological polar surface area (TPSA) is 81.1 Å². The lowest BCUT2D eigenvalue weighted by atomic mass is 9.99. The van der Waals surface area contributed by atoms with Crippen LogP contribution >= 0.6 is 23.1 Å². The van der Waals surface area contributed by atoms with Crippen molar-refractivity contribution >= 4 is 51.2 Å². The van der Waals surface area contributed by atoms with E-state index in [-0.39, 0.29) is 11.9 Å². The molecule has 1 aromatic heterocycles. The third-order valence-electron chi connectivity index (χ3n) is 6.24. The number of nitrogens with one attached hydrogen (secondary N) is 1. The molecule has 3 aliphatic heterocycles. The number of imide groups is 1. The van der Waals surface area contributed by atoms with Crippen molar-refractivity contribution in [2.45, 2.75) is 36.3 Å². The van der Waals surface area contributed by atoms with E-state index >= 15 is 0 Å². The van der Waals surface area contributed by atoms with Crippen LogP contribution in [-0.2, 0) is 4.79 Å². The molecule has 0 aliphatic carbocycles. The number of para-hydroxylation sites is 1. The van der Waals surface area contributed by atoms with Crippen molar-refractivity contribution in [3.05, 3.63) is 24.3 Å². The molecule has 2 unspecified atom stereocenters. The van der Waals surface area contributed by atoms with E-state index in [0.29, 0.717) is 12.5 Å². The smallest absolute Gasteiger partial charge is 0.325 e. The molecule has 0 spiro atoms. The van der Waals surface area contributed by atoms with Crippen molar-refractivity contribution in [3.8, 4) is 0 Å². The Labute approximate surface area is 189 Å². The van der Waals surface area contributed by atoms with Crippen LogP contribution in [0.5, 0.6) is 0 Å².